The van der Waals surface area contributed by atoms with E-state index in [2.05, 4.69) is 17.2 Å². The second-order valence-electron chi connectivity index (χ2n) is 3.60. The van der Waals surface area contributed by atoms with Crippen molar-refractivity contribution in [3.05, 3.63) is 16.4 Å². The zero-order valence-electron chi connectivity index (χ0n) is 9.37. The molecule has 0 unspecified atom stereocenters. The van der Waals surface area contributed by atoms with Crippen LogP contribution in [0.5, 0.6) is 0 Å². The third kappa shape index (κ3) is 3.73. The third-order valence-corrected chi connectivity index (χ3v) is 2.43. The van der Waals surface area contributed by atoms with Crippen molar-refractivity contribution in [3.63, 3.8) is 0 Å². The number of hydrogen-bond donors (Lipinski definition) is 2. The lowest BCUT2D eigenvalue weighted by Gasteiger charge is -2.13. The van der Waals surface area contributed by atoms with Gasteiger partial charge in [-0.3, -0.25) is 0 Å². The normalized spacial score (nSPS) is 10.4. The fourth-order valence-corrected chi connectivity index (χ4v) is 1.56. The standard InChI is InChI=1S/C10H17ClN4O/c1-2-3-4-5-6-13-9-7-8(11)14-10(12)15(9)16/h7,13H,2-6H2,1H3,(H2,12,14). The van der Waals surface area contributed by atoms with Gasteiger partial charge in [0, 0.05) is 6.54 Å². The fraction of sp³-hybridized carbons (Fsp3) is 0.600. The molecule has 0 aliphatic carbocycles. The molecule has 0 fully saturated rings. The quantitative estimate of drug-likeness (QED) is 0.347. The minimum atomic E-state index is -0.136. The van der Waals surface area contributed by atoms with E-state index < -0.39 is 0 Å². The number of aromatic nitrogens is 2. The highest BCUT2D eigenvalue weighted by atomic mass is 35.5. The molecule has 0 saturated carbocycles. The van der Waals surface area contributed by atoms with E-state index in [9.17, 15) is 5.21 Å². The number of nitrogens with two attached hydrogens (primary N) is 1. The highest BCUT2D eigenvalue weighted by Gasteiger charge is 2.07. The van der Waals surface area contributed by atoms with Crippen LogP contribution in [0.15, 0.2) is 6.07 Å². The molecule has 0 amide bonds. The summed E-state index contributed by atoms with van der Waals surface area (Å²) in [6.45, 7) is 2.89. The molecule has 0 atom stereocenters. The summed E-state index contributed by atoms with van der Waals surface area (Å²) in [5, 5.41) is 14.7. The summed E-state index contributed by atoms with van der Waals surface area (Å²) in [4.78, 5) is 3.65. The summed E-state index contributed by atoms with van der Waals surface area (Å²) in [7, 11) is 0. The first-order chi connectivity index (χ1) is 7.65. The van der Waals surface area contributed by atoms with Crippen molar-refractivity contribution in [3.8, 4) is 0 Å². The number of nitrogens with one attached hydrogen (secondary N) is 1. The van der Waals surface area contributed by atoms with Crippen LogP contribution in [0.2, 0.25) is 5.15 Å². The van der Waals surface area contributed by atoms with Crippen LogP contribution in [0.25, 0.3) is 0 Å². The minimum absolute atomic E-state index is 0.136. The Morgan fingerprint density at radius 2 is 2.25 bits per heavy atom. The molecule has 3 N–H and O–H groups in total. The molecule has 1 rings (SSSR count). The van der Waals surface area contributed by atoms with E-state index >= 15 is 0 Å². The van der Waals surface area contributed by atoms with Gasteiger partial charge in [-0.05, 0) is 18.0 Å². The van der Waals surface area contributed by atoms with Crippen LogP contribution in [0.3, 0.4) is 0 Å². The lowest BCUT2D eigenvalue weighted by molar-refractivity contribution is -0.577. The zero-order valence-corrected chi connectivity index (χ0v) is 10.1. The first-order valence-electron chi connectivity index (χ1n) is 5.44. The van der Waals surface area contributed by atoms with Crippen LogP contribution in [0.4, 0.5) is 11.8 Å². The van der Waals surface area contributed by atoms with Gasteiger partial charge in [-0.15, -0.1) is 0 Å². The van der Waals surface area contributed by atoms with Crippen LogP contribution in [0.1, 0.15) is 32.6 Å². The molecule has 0 aliphatic rings. The molecule has 6 heteroatoms. The molecule has 1 aromatic heterocycles. The van der Waals surface area contributed by atoms with Crippen molar-refractivity contribution in [2.24, 2.45) is 0 Å². The predicted octanol–water partition coefficient (Wildman–Crippen LogP) is 1.94. The maximum Gasteiger partial charge on any atom is 0.345 e. The second-order valence-corrected chi connectivity index (χ2v) is 3.99. The third-order valence-electron chi connectivity index (χ3n) is 2.24. The predicted molar refractivity (Wildman–Crippen MR) is 65.3 cm³/mol. The van der Waals surface area contributed by atoms with Crippen LogP contribution in [0, 0.1) is 5.21 Å². The summed E-state index contributed by atoms with van der Waals surface area (Å²) in [6, 6.07) is 1.48. The molecule has 0 spiro atoms. The molecule has 90 valence electrons. The van der Waals surface area contributed by atoms with Gasteiger partial charge in [-0.1, -0.05) is 31.2 Å². The van der Waals surface area contributed by atoms with Gasteiger partial charge in [0.15, 0.2) is 11.0 Å². The summed E-state index contributed by atoms with van der Waals surface area (Å²) in [5.41, 5.74) is 5.39. The van der Waals surface area contributed by atoms with E-state index in [1.807, 2.05) is 0 Å². The zero-order chi connectivity index (χ0) is 12.0. The minimum Gasteiger partial charge on any atom is -0.754 e. The first kappa shape index (κ1) is 12.8. The molecule has 1 aromatic rings. The van der Waals surface area contributed by atoms with Gasteiger partial charge in [0.2, 0.25) is 0 Å². The van der Waals surface area contributed by atoms with Gasteiger partial charge < -0.3 is 16.3 Å². The lowest BCUT2D eigenvalue weighted by atomic mass is 10.2. The van der Waals surface area contributed by atoms with E-state index in [1.54, 1.807) is 0 Å². The van der Waals surface area contributed by atoms with Gasteiger partial charge >= 0.3 is 5.95 Å². The number of hydrogen-bond acceptors (Lipinski definition) is 4. The van der Waals surface area contributed by atoms with Gasteiger partial charge in [0.1, 0.15) is 0 Å². The Kier molecular flexibility index (Phi) is 5.11. The summed E-state index contributed by atoms with van der Waals surface area (Å²) < 4.78 is 0.547. The number of halogens is 1. The Hall–Kier alpha value is -1.23. The highest BCUT2D eigenvalue weighted by Crippen LogP contribution is 2.10. The SMILES string of the molecule is CCCCCCNc1cc(Cl)nc(N)[n+]1[O-]. The van der Waals surface area contributed by atoms with Crippen molar-refractivity contribution in [2.75, 3.05) is 17.6 Å². The average molecular weight is 245 g/mol. The fourth-order valence-electron chi connectivity index (χ4n) is 1.37. The van der Waals surface area contributed by atoms with Crippen molar-refractivity contribution in [2.45, 2.75) is 32.6 Å². The van der Waals surface area contributed by atoms with Crippen LogP contribution in [-0.2, 0) is 0 Å². The van der Waals surface area contributed by atoms with E-state index in [0.717, 1.165) is 19.4 Å². The topological polar surface area (TPSA) is 77.9 Å². The van der Waals surface area contributed by atoms with Crippen molar-refractivity contribution < 1.29 is 4.73 Å². The Morgan fingerprint density at radius 1 is 1.50 bits per heavy atom. The number of nitrogen functional groups attached to an aromatic ring is 1. The number of unbranched alkanes of at least 4 members (excludes halogenated alkanes) is 3. The maximum absolute atomic E-state index is 11.4. The first-order valence-corrected chi connectivity index (χ1v) is 5.82. The number of nitrogens with zero attached hydrogens (tertiary/aromatic N) is 2. The molecule has 0 saturated heterocycles. The van der Waals surface area contributed by atoms with Gasteiger partial charge in [0.25, 0.3) is 0 Å². The Morgan fingerprint density at radius 3 is 2.94 bits per heavy atom. The molecule has 0 aromatic carbocycles. The van der Waals surface area contributed by atoms with Gasteiger partial charge in [0.05, 0.1) is 6.07 Å². The van der Waals surface area contributed by atoms with E-state index in [1.165, 1.54) is 18.9 Å². The maximum atomic E-state index is 11.4. The molecule has 16 heavy (non-hydrogen) atoms. The molecular weight excluding hydrogens is 228 g/mol. The summed E-state index contributed by atoms with van der Waals surface area (Å²) >= 11 is 5.70. The monoisotopic (exact) mass is 244 g/mol. The number of rotatable bonds is 6. The summed E-state index contributed by atoms with van der Waals surface area (Å²) in [6.07, 6.45) is 4.57. The lowest BCUT2D eigenvalue weighted by Crippen LogP contribution is -2.35. The molecule has 5 nitrogen and oxygen atoms in total. The van der Waals surface area contributed by atoms with Crippen molar-refractivity contribution >= 4 is 23.4 Å². The largest absolute Gasteiger partial charge is 0.754 e. The summed E-state index contributed by atoms with van der Waals surface area (Å²) in [5.74, 6) is 0.220. The Labute approximate surface area is 100 Å². The molecule has 0 bridgehead atoms. The molecular formula is C10H17ClN4O. The Bertz CT molecular complexity index is 346. The van der Waals surface area contributed by atoms with E-state index in [-0.39, 0.29) is 11.1 Å². The molecule has 1 heterocycles. The van der Waals surface area contributed by atoms with Gasteiger partial charge in [-0.25, -0.2) is 4.73 Å². The van der Waals surface area contributed by atoms with Gasteiger partial charge in [-0.2, -0.15) is 0 Å². The van der Waals surface area contributed by atoms with Crippen molar-refractivity contribution in [1.29, 1.82) is 0 Å². The van der Waals surface area contributed by atoms with Crippen LogP contribution >= 0.6 is 11.6 Å². The molecule has 0 radical (unpaired) electrons. The van der Waals surface area contributed by atoms with Crippen LogP contribution in [-0.4, -0.2) is 11.5 Å². The second kappa shape index (κ2) is 6.37. The van der Waals surface area contributed by atoms with E-state index in [4.69, 9.17) is 17.3 Å². The van der Waals surface area contributed by atoms with E-state index in [0.29, 0.717) is 10.5 Å². The Balaban J connectivity index is 2.47. The smallest absolute Gasteiger partial charge is 0.345 e. The molecule has 0 aliphatic heterocycles. The average Bonchev–Trinajstić information content (AvgIpc) is 2.24. The number of anilines is 2. The van der Waals surface area contributed by atoms with Crippen molar-refractivity contribution in [1.82, 2.24) is 4.98 Å². The highest BCUT2D eigenvalue weighted by molar-refractivity contribution is 6.29. The van der Waals surface area contributed by atoms with Crippen LogP contribution < -0.4 is 15.8 Å².